The molecule has 0 unspecified atom stereocenters. The number of benzene rings is 2. The fraction of sp³-hybridized carbons (Fsp3) is 0.176. The lowest BCUT2D eigenvalue weighted by atomic mass is 10.3. The molecular formula is C17H15NO3S. The number of hydrogen-bond acceptors (Lipinski definition) is 4. The van der Waals surface area contributed by atoms with E-state index in [2.05, 4.69) is 0 Å². The van der Waals surface area contributed by atoms with E-state index < -0.39 is 5.25 Å². The second-order valence-corrected chi connectivity index (χ2v) is 6.11. The number of carbonyl (C=O) groups is 2. The molecule has 0 aliphatic carbocycles. The van der Waals surface area contributed by atoms with Crippen molar-refractivity contribution >= 4 is 29.3 Å². The number of hydrogen-bond donors (Lipinski definition) is 0. The monoisotopic (exact) mass is 313 g/mol. The number of para-hydroxylation sites is 2. The fourth-order valence-corrected chi connectivity index (χ4v) is 3.58. The maximum atomic E-state index is 12.6. The normalized spacial score (nSPS) is 17.9. The molecule has 5 heteroatoms. The number of anilines is 1. The summed E-state index contributed by atoms with van der Waals surface area (Å²) >= 11 is 1.38. The standard InChI is InChI=1S/C17H15NO3S/c1-21-13-9-5-6-10-14(13)22-15-11-16(19)18(17(15)20)12-7-3-2-4-8-12/h2-10,15H,11H2,1H3/t15-/m0/s1. The van der Waals surface area contributed by atoms with Gasteiger partial charge < -0.3 is 4.74 Å². The van der Waals surface area contributed by atoms with Gasteiger partial charge in [0.15, 0.2) is 0 Å². The Kier molecular flexibility index (Phi) is 4.15. The Morgan fingerprint density at radius 3 is 2.45 bits per heavy atom. The molecule has 0 spiro atoms. The summed E-state index contributed by atoms with van der Waals surface area (Å²) in [6, 6.07) is 16.5. The highest BCUT2D eigenvalue weighted by atomic mass is 32.2. The summed E-state index contributed by atoms with van der Waals surface area (Å²) in [5.41, 5.74) is 0.626. The molecule has 3 rings (SSSR count). The van der Waals surface area contributed by atoms with Crippen LogP contribution in [0.4, 0.5) is 5.69 Å². The molecule has 2 aromatic rings. The van der Waals surface area contributed by atoms with Crippen molar-refractivity contribution in [2.75, 3.05) is 12.0 Å². The number of methoxy groups -OCH3 is 1. The van der Waals surface area contributed by atoms with Crippen molar-refractivity contribution in [2.24, 2.45) is 0 Å². The summed E-state index contributed by atoms with van der Waals surface area (Å²) < 4.78 is 5.30. The lowest BCUT2D eigenvalue weighted by molar-refractivity contribution is -0.121. The fourth-order valence-electron chi connectivity index (χ4n) is 2.41. The molecule has 1 aliphatic heterocycles. The molecular weight excluding hydrogens is 298 g/mol. The van der Waals surface area contributed by atoms with E-state index in [1.165, 1.54) is 16.7 Å². The Hall–Kier alpha value is -2.27. The molecule has 1 aliphatic rings. The van der Waals surface area contributed by atoms with Gasteiger partial charge in [-0.2, -0.15) is 0 Å². The van der Waals surface area contributed by atoms with Gasteiger partial charge >= 0.3 is 0 Å². The molecule has 112 valence electrons. The minimum Gasteiger partial charge on any atom is -0.496 e. The summed E-state index contributed by atoms with van der Waals surface area (Å²) in [6.07, 6.45) is 0.205. The van der Waals surface area contributed by atoms with Crippen molar-refractivity contribution in [1.29, 1.82) is 0 Å². The third-order valence-corrected chi connectivity index (χ3v) is 4.70. The van der Waals surface area contributed by atoms with Gasteiger partial charge in [-0.1, -0.05) is 30.3 Å². The maximum absolute atomic E-state index is 12.6. The predicted molar refractivity (Wildman–Crippen MR) is 86.2 cm³/mol. The number of thioether (sulfide) groups is 1. The molecule has 2 aromatic carbocycles. The molecule has 22 heavy (non-hydrogen) atoms. The number of ether oxygens (including phenoxy) is 1. The minimum atomic E-state index is -0.413. The van der Waals surface area contributed by atoms with Gasteiger partial charge in [-0.05, 0) is 24.3 Å². The van der Waals surface area contributed by atoms with Crippen LogP contribution >= 0.6 is 11.8 Å². The zero-order chi connectivity index (χ0) is 15.5. The van der Waals surface area contributed by atoms with Crippen molar-refractivity contribution < 1.29 is 14.3 Å². The van der Waals surface area contributed by atoms with Gasteiger partial charge in [-0.25, -0.2) is 4.90 Å². The Morgan fingerprint density at radius 2 is 1.73 bits per heavy atom. The Balaban J connectivity index is 1.83. The van der Waals surface area contributed by atoms with Crippen LogP contribution in [0, 0.1) is 0 Å². The highest BCUT2D eigenvalue weighted by Crippen LogP contribution is 2.37. The average Bonchev–Trinajstić information content (AvgIpc) is 2.83. The van der Waals surface area contributed by atoms with E-state index in [1.54, 1.807) is 19.2 Å². The SMILES string of the molecule is COc1ccccc1S[C@H]1CC(=O)N(c2ccccc2)C1=O. The van der Waals surface area contributed by atoms with E-state index in [0.29, 0.717) is 11.4 Å². The Labute approximate surface area is 133 Å². The summed E-state index contributed by atoms with van der Waals surface area (Å²) in [5, 5.41) is -0.413. The van der Waals surface area contributed by atoms with Crippen LogP contribution in [-0.4, -0.2) is 24.2 Å². The molecule has 0 bridgehead atoms. The summed E-state index contributed by atoms with van der Waals surface area (Å²) in [7, 11) is 1.59. The third-order valence-electron chi connectivity index (χ3n) is 3.46. The Morgan fingerprint density at radius 1 is 1.05 bits per heavy atom. The molecule has 1 atom stereocenters. The number of carbonyl (C=O) groups excluding carboxylic acids is 2. The first-order valence-corrected chi connectivity index (χ1v) is 7.80. The van der Waals surface area contributed by atoms with Crippen LogP contribution < -0.4 is 9.64 Å². The maximum Gasteiger partial charge on any atom is 0.247 e. The van der Waals surface area contributed by atoms with E-state index in [1.807, 2.05) is 42.5 Å². The molecule has 0 aromatic heterocycles. The van der Waals surface area contributed by atoms with Crippen LogP contribution in [0.1, 0.15) is 6.42 Å². The number of rotatable bonds is 4. The first kappa shape index (κ1) is 14.7. The van der Waals surface area contributed by atoms with Crippen molar-refractivity contribution in [2.45, 2.75) is 16.6 Å². The largest absolute Gasteiger partial charge is 0.496 e. The molecule has 1 fully saturated rings. The van der Waals surface area contributed by atoms with Crippen molar-refractivity contribution in [1.82, 2.24) is 0 Å². The highest BCUT2D eigenvalue weighted by Gasteiger charge is 2.40. The lowest BCUT2D eigenvalue weighted by Gasteiger charge is -2.15. The van der Waals surface area contributed by atoms with E-state index in [4.69, 9.17) is 4.74 Å². The molecule has 1 saturated heterocycles. The van der Waals surface area contributed by atoms with Crippen molar-refractivity contribution in [3.05, 3.63) is 54.6 Å². The molecule has 2 amide bonds. The smallest absolute Gasteiger partial charge is 0.247 e. The molecule has 0 radical (unpaired) electrons. The van der Waals surface area contributed by atoms with Crippen molar-refractivity contribution in [3.63, 3.8) is 0 Å². The van der Waals surface area contributed by atoms with Crippen LogP contribution in [-0.2, 0) is 9.59 Å². The first-order valence-electron chi connectivity index (χ1n) is 6.92. The van der Waals surface area contributed by atoms with Crippen LogP contribution in [0.3, 0.4) is 0 Å². The van der Waals surface area contributed by atoms with Crippen LogP contribution in [0.25, 0.3) is 0 Å². The highest BCUT2D eigenvalue weighted by molar-refractivity contribution is 8.00. The van der Waals surface area contributed by atoms with E-state index in [-0.39, 0.29) is 18.2 Å². The zero-order valence-corrected chi connectivity index (χ0v) is 12.9. The summed E-state index contributed by atoms with van der Waals surface area (Å²) in [5.74, 6) is 0.376. The first-order chi connectivity index (χ1) is 10.7. The predicted octanol–water partition coefficient (Wildman–Crippen LogP) is 3.12. The van der Waals surface area contributed by atoms with Crippen LogP contribution in [0.5, 0.6) is 5.75 Å². The van der Waals surface area contributed by atoms with Gasteiger partial charge in [0.05, 0.1) is 22.9 Å². The lowest BCUT2D eigenvalue weighted by Crippen LogP contribution is -2.30. The topological polar surface area (TPSA) is 46.6 Å². The van der Waals surface area contributed by atoms with Gasteiger partial charge in [0.1, 0.15) is 5.75 Å². The quantitative estimate of drug-likeness (QED) is 0.814. The van der Waals surface area contributed by atoms with Crippen LogP contribution in [0.15, 0.2) is 59.5 Å². The van der Waals surface area contributed by atoms with Gasteiger partial charge in [0, 0.05) is 6.42 Å². The average molecular weight is 313 g/mol. The summed E-state index contributed by atoms with van der Waals surface area (Å²) in [4.78, 5) is 26.9. The molecule has 0 N–H and O–H groups in total. The molecule has 4 nitrogen and oxygen atoms in total. The van der Waals surface area contributed by atoms with E-state index >= 15 is 0 Å². The van der Waals surface area contributed by atoms with Gasteiger partial charge in [-0.15, -0.1) is 11.8 Å². The van der Waals surface area contributed by atoms with Crippen molar-refractivity contribution in [3.8, 4) is 5.75 Å². The third kappa shape index (κ3) is 2.72. The second-order valence-electron chi connectivity index (χ2n) is 4.86. The van der Waals surface area contributed by atoms with E-state index in [0.717, 1.165) is 4.90 Å². The van der Waals surface area contributed by atoms with Gasteiger partial charge in [0.2, 0.25) is 11.8 Å². The van der Waals surface area contributed by atoms with Gasteiger partial charge in [0.25, 0.3) is 0 Å². The van der Waals surface area contributed by atoms with Gasteiger partial charge in [-0.3, -0.25) is 9.59 Å². The number of imide groups is 1. The van der Waals surface area contributed by atoms with E-state index in [9.17, 15) is 9.59 Å². The molecule has 0 saturated carbocycles. The molecule has 1 heterocycles. The minimum absolute atomic E-state index is 0.163. The van der Waals surface area contributed by atoms with Crippen LogP contribution in [0.2, 0.25) is 0 Å². The number of nitrogens with zero attached hydrogens (tertiary/aromatic N) is 1. The second kappa shape index (κ2) is 6.23. The Bertz CT molecular complexity index is 702. The zero-order valence-electron chi connectivity index (χ0n) is 12.1. The number of amides is 2. The summed E-state index contributed by atoms with van der Waals surface area (Å²) in [6.45, 7) is 0.